The van der Waals surface area contributed by atoms with Crippen LogP contribution in [0, 0.1) is 6.92 Å². The van der Waals surface area contributed by atoms with E-state index in [1.54, 1.807) is 4.68 Å². The first-order valence-corrected chi connectivity index (χ1v) is 11.7. The quantitative estimate of drug-likeness (QED) is 0.728. The molecule has 2 aromatic heterocycles. The molecule has 0 unspecified atom stereocenters. The number of nitrogens with one attached hydrogen (secondary N) is 2. The van der Waals surface area contributed by atoms with Gasteiger partial charge in [-0.3, -0.25) is 9.48 Å². The highest BCUT2D eigenvalue weighted by molar-refractivity contribution is 6.06. The predicted molar refractivity (Wildman–Crippen MR) is 123 cm³/mol. The number of carbonyl (C=O) groups is 2. The molecule has 174 valence electrons. The minimum Gasteiger partial charge on any atom is -0.444 e. The lowest BCUT2D eigenvalue weighted by Crippen LogP contribution is -2.57. The Morgan fingerprint density at radius 2 is 1.91 bits per heavy atom. The Balaban J connectivity index is 1.56. The Kier molecular flexibility index (Phi) is 5.90. The average Bonchev–Trinajstić information content (AvgIpc) is 3.51. The maximum absolute atomic E-state index is 13.4. The van der Waals surface area contributed by atoms with Gasteiger partial charge in [0.05, 0.1) is 22.2 Å². The fourth-order valence-electron chi connectivity index (χ4n) is 4.67. The van der Waals surface area contributed by atoms with Crippen LogP contribution in [0.25, 0.3) is 11.0 Å². The first kappa shape index (κ1) is 22.6. The molecule has 0 aromatic carbocycles. The number of alkyl carbamates (subject to hydrolysis) is 1. The van der Waals surface area contributed by atoms with E-state index >= 15 is 0 Å². The second-order valence-electron chi connectivity index (χ2n) is 10.4. The van der Waals surface area contributed by atoms with Gasteiger partial charge in [0.1, 0.15) is 5.60 Å². The Labute approximate surface area is 189 Å². The maximum atomic E-state index is 13.4. The van der Waals surface area contributed by atoms with Gasteiger partial charge in [-0.1, -0.05) is 19.3 Å². The largest absolute Gasteiger partial charge is 0.444 e. The van der Waals surface area contributed by atoms with Crippen molar-refractivity contribution in [3.63, 3.8) is 0 Å². The molecule has 0 radical (unpaired) electrons. The second kappa shape index (κ2) is 8.37. The standard InChI is InChI=1S/C24H35N5O3/c1-15-19-17(13-18(16-9-10-16)26-20(19)29(5)28-15)21(30)25-14-24(11-7-6-8-12-24)27-22(31)32-23(2,3)4/h13,16H,6-12,14H2,1-5H3,(H,25,30)(H,27,31). The van der Waals surface area contributed by atoms with Gasteiger partial charge in [0.2, 0.25) is 0 Å². The highest BCUT2D eigenvalue weighted by Gasteiger charge is 2.36. The molecule has 2 saturated carbocycles. The summed E-state index contributed by atoms with van der Waals surface area (Å²) in [6.45, 7) is 7.83. The zero-order valence-electron chi connectivity index (χ0n) is 19.9. The molecule has 2 N–H and O–H groups in total. The summed E-state index contributed by atoms with van der Waals surface area (Å²) in [5, 5.41) is 11.5. The monoisotopic (exact) mass is 441 g/mol. The first-order chi connectivity index (χ1) is 15.1. The lowest BCUT2D eigenvalue weighted by atomic mass is 9.81. The number of aryl methyl sites for hydroxylation is 2. The molecule has 2 amide bonds. The minimum absolute atomic E-state index is 0.147. The number of pyridine rings is 1. The van der Waals surface area contributed by atoms with Crippen LogP contribution < -0.4 is 10.6 Å². The zero-order chi connectivity index (χ0) is 23.1. The van der Waals surface area contributed by atoms with Crippen molar-refractivity contribution in [1.29, 1.82) is 0 Å². The van der Waals surface area contributed by atoms with E-state index in [0.29, 0.717) is 18.0 Å². The van der Waals surface area contributed by atoms with Gasteiger partial charge in [-0.05, 0) is 59.4 Å². The average molecular weight is 442 g/mol. The van der Waals surface area contributed by atoms with Gasteiger partial charge in [-0.2, -0.15) is 5.10 Å². The summed E-state index contributed by atoms with van der Waals surface area (Å²) in [4.78, 5) is 30.7. The molecule has 8 heteroatoms. The molecular formula is C24H35N5O3. The van der Waals surface area contributed by atoms with Crippen molar-refractivity contribution >= 4 is 23.0 Å². The summed E-state index contributed by atoms with van der Waals surface area (Å²) < 4.78 is 7.25. The van der Waals surface area contributed by atoms with E-state index in [2.05, 4.69) is 15.7 Å². The Morgan fingerprint density at radius 3 is 2.53 bits per heavy atom. The summed E-state index contributed by atoms with van der Waals surface area (Å²) in [6.07, 6.45) is 6.58. The maximum Gasteiger partial charge on any atom is 0.408 e. The molecule has 2 aliphatic rings. The van der Waals surface area contributed by atoms with Crippen molar-refractivity contribution in [1.82, 2.24) is 25.4 Å². The van der Waals surface area contributed by atoms with E-state index in [0.717, 1.165) is 67.4 Å². The predicted octanol–water partition coefficient (Wildman–Crippen LogP) is 4.11. The van der Waals surface area contributed by atoms with Gasteiger partial charge in [-0.15, -0.1) is 0 Å². The number of nitrogens with zero attached hydrogens (tertiary/aromatic N) is 3. The van der Waals surface area contributed by atoms with Crippen molar-refractivity contribution in [3.05, 3.63) is 23.0 Å². The number of ether oxygens (including phenoxy) is 1. The lowest BCUT2D eigenvalue weighted by molar-refractivity contribution is 0.0419. The summed E-state index contributed by atoms with van der Waals surface area (Å²) in [5.74, 6) is 0.283. The number of carbonyl (C=O) groups excluding carboxylic acids is 2. The molecule has 8 nitrogen and oxygen atoms in total. The minimum atomic E-state index is -0.567. The molecule has 2 aromatic rings. The number of hydrogen-bond acceptors (Lipinski definition) is 5. The van der Waals surface area contributed by atoms with Gasteiger partial charge >= 0.3 is 6.09 Å². The van der Waals surface area contributed by atoms with Crippen LogP contribution in [0.3, 0.4) is 0 Å². The highest BCUT2D eigenvalue weighted by Crippen LogP contribution is 2.40. The van der Waals surface area contributed by atoms with Crippen LogP contribution >= 0.6 is 0 Å². The van der Waals surface area contributed by atoms with Crippen LogP contribution in [0.2, 0.25) is 0 Å². The van der Waals surface area contributed by atoms with Crippen LogP contribution in [-0.2, 0) is 11.8 Å². The molecular weight excluding hydrogens is 406 g/mol. The summed E-state index contributed by atoms with van der Waals surface area (Å²) in [6, 6.07) is 1.93. The number of amides is 2. The summed E-state index contributed by atoms with van der Waals surface area (Å²) >= 11 is 0. The van der Waals surface area contributed by atoms with Crippen molar-refractivity contribution in [3.8, 4) is 0 Å². The first-order valence-electron chi connectivity index (χ1n) is 11.7. The SMILES string of the molecule is Cc1nn(C)c2nc(C3CC3)cc(C(=O)NCC3(NC(=O)OC(C)(C)C)CCCCC3)c12. The van der Waals surface area contributed by atoms with Crippen LogP contribution in [-0.4, -0.2) is 44.4 Å². The summed E-state index contributed by atoms with van der Waals surface area (Å²) in [7, 11) is 1.86. The molecule has 2 aliphatic carbocycles. The van der Waals surface area contributed by atoms with E-state index < -0.39 is 17.2 Å². The Bertz CT molecular complexity index is 1030. The number of hydrogen-bond donors (Lipinski definition) is 2. The number of fused-ring (bicyclic) bond motifs is 1. The van der Waals surface area contributed by atoms with Gasteiger partial charge in [0, 0.05) is 25.2 Å². The van der Waals surface area contributed by atoms with Gasteiger partial charge in [0.25, 0.3) is 5.91 Å². The van der Waals surface area contributed by atoms with Gasteiger partial charge < -0.3 is 15.4 Å². The molecule has 0 bridgehead atoms. The molecule has 32 heavy (non-hydrogen) atoms. The molecule has 0 spiro atoms. The van der Waals surface area contributed by atoms with E-state index in [9.17, 15) is 9.59 Å². The fraction of sp³-hybridized carbons (Fsp3) is 0.667. The molecule has 0 aliphatic heterocycles. The van der Waals surface area contributed by atoms with E-state index in [-0.39, 0.29) is 5.91 Å². The lowest BCUT2D eigenvalue weighted by Gasteiger charge is -2.38. The summed E-state index contributed by atoms with van der Waals surface area (Å²) in [5.41, 5.74) is 2.06. The molecule has 2 fully saturated rings. The fourth-order valence-corrected chi connectivity index (χ4v) is 4.67. The van der Waals surface area contributed by atoms with E-state index in [1.807, 2.05) is 40.8 Å². The molecule has 4 rings (SSSR count). The van der Waals surface area contributed by atoms with E-state index in [1.165, 1.54) is 0 Å². The van der Waals surface area contributed by atoms with Crippen LogP contribution in [0.15, 0.2) is 6.07 Å². The van der Waals surface area contributed by atoms with Crippen LogP contribution in [0.1, 0.15) is 93.4 Å². The Morgan fingerprint density at radius 1 is 1.22 bits per heavy atom. The third-order valence-electron chi connectivity index (χ3n) is 6.39. The molecule has 0 saturated heterocycles. The van der Waals surface area contributed by atoms with Gasteiger partial charge in [-0.25, -0.2) is 9.78 Å². The second-order valence-corrected chi connectivity index (χ2v) is 10.4. The van der Waals surface area contributed by atoms with Crippen molar-refractivity contribution in [2.45, 2.75) is 89.7 Å². The van der Waals surface area contributed by atoms with Crippen LogP contribution in [0.4, 0.5) is 4.79 Å². The number of aromatic nitrogens is 3. The van der Waals surface area contributed by atoms with Crippen molar-refractivity contribution in [2.75, 3.05) is 6.54 Å². The zero-order valence-corrected chi connectivity index (χ0v) is 19.9. The third-order valence-corrected chi connectivity index (χ3v) is 6.39. The van der Waals surface area contributed by atoms with Gasteiger partial charge in [0.15, 0.2) is 5.65 Å². The third kappa shape index (κ3) is 4.89. The number of rotatable bonds is 5. The van der Waals surface area contributed by atoms with E-state index in [4.69, 9.17) is 9.72 Å². The molecule has 0 atom stereocenters. The smallest absolute Gasteiger partial charge is 0.408 e. The molecule has 2 heterocycles. The Hall–Kier alpha value is -2.64. The topological polar surface area (TPSA) is 98.1 Å². The van der Waals surface area contributed by atoms with Crippen molar-refractivity contribution in [2.24, 2.45) is 7.05 Å². The highest BCUT2D eigenvalue weighted by atomic mass is 16.6. The normalized spacial score (nSPS) is 18.4. The van der Waals surface area contributed by atoms with Crippen molar-refractivity contribution < 1.29 is 14.3 Å². The van der Waals surface area contributed by atoms with Crippen LogP contribution in [0.5, 0.6) is 0 Å².